The van der Waals surface area contributed by atoms with Crippen LogP contribution in [0.2, 0.25) is 0 Å². The molecule has 0 radical (unpaired) electrons. The number of nitrogens with zero attached hydrogens (tertiary/aromatic N) is 2. The minimum Gasteiger partial charge on any atom is -0.316 e. The molecule has 116 valence electrons. The van der Waals surface area contributed by atoms with E-state index in [1.165, 1.54) is 19.3 Å². The van der Waals surface area contributed by atoms with Gasteiger partial charge in [0.2, 0.25) is 0 Å². The minimum atomic E-state index is -0.347. The Morgan fingerprint density at radius 2 is 2.14 bits per heavy atom. The van der Waals surface area contributed by atoms with Crippen molar-refractivity contribution in [3.8, 4) is 0 Å². The highest BCUT2D eigenvalue weighted by molar-refractivity contribution is 5.32. The molecular weight excluding hydrogens is 266 g/mol. The third-order valence-corrected chi connectivity index (χ3v) is 4.02. The number of non-ortho nitro benzene ring substituents is 1. The van der Waals surface area contributed by atoms with Crippen molar-refractivity contribution >= 4 is 5.69 Å². The van der Waals surface area contributed by atoms with Crippen LogP contribution >= 0.6 is 0 Å². The third kappa shape index (κ3) is 5.10. The molecule has 0 amide bonds. The molecule has 1 heterocycles. The largest absolute Gasteiger partial charge is 0.316 e. The predicted octanol–water partition coefficient (Wildman–Crippen LogP) is 2.81. The number of rotatable bonds is 7. The molecule has 1 N–H and O–H groups in total. The van der Waals surface area contributed by atoms with Gasteiger partial charge in [-0.25, -0.2) is 0 Å². The van der Waals surface area contributed by atoms with E-state index >= 15 is 0 Å². The van der Waals surface area contributed by atoms with Crippen molar-refractivity contribution in [3.63, 3.8) is 0 Å². The van der Waals surface area contributed by atoms with E-state index in [0.717, 1.165) is 44.2 Å². The second-order valence-electron chi connectivity index (χ2n) is 5.87. The quantitative estimate of drug-likeness (QED) is 0.477. The van der Waals surface area contributed by atoms with Crippen LogP contribution in [0.4, 0.5) is 5.69 Å². The number of benzene rings is 1. The van der Waals surface area contributed by atoms with Crippen molar-refractivity contribution in [2.45, 2.75) is 32.7 Å². The lowest BCUT2D eigenvalue weighted by molar-refractivity contribution is -0.384. The van der Waals surface area contributed by atoms with E-state index in [2.05, 4.69) is 17.1 Å². The van der Waals surface area contributed by atoms with Crippen molar-refractivity contribution < 1.29 is 4.92 Å². The molecule has 1 unspecified atom stereocenters. The van der Waals surface area contributed by atoms with Crippen LogP contribution in [0.15, 0.2) is 24.3 Å². The predicted molar refractivity (Wildman–Crippen MR) is 84.3 cm³/mol. The molecule has 1 saturated heterocycles. The van der Waals surface area contributed by atoms with Crippen LogP contribution in [-0.4, -0.2) is 36.0 Å². The lowest BCUT2D eigenvalue weighted by atomic mass is 9.97. The van der Waals surface area contributed by atoms with E-state index in [1.54, 1.807) is 12.1 Å². The van der Waals surface area contributed by atoms with Crippen LogP contribution in [0.1, 0.15) is 31.7 Å². The summed E-state index contributed by atoms with van der Waals surface area (Å²) in [5, 5.41) is 14.2. The molecule has 1 aromatic rings. The summed E-state index contributed by atoms with van der Waals surface area (Å²) in [5.74, 6) is 0.725. The second-order valence-corrected chi connectivity index (χ2v) is 5.87. The topological polar surface area (TPSA) is 58.4 Å². The third-order valence-electron chi connectivity index (χ3n) is 4.02. The maximum Gasteiger partial charge on any atom is 0.269 e. The molecule has 5 nitrogen and oxygen atoms in total. The zero-order chi connectivity index (χ0) is 15.1. The first-order valence-electron chi connectivity index (χ1n) is 7.85. The molecule has 0 aliphatic carbocycles. The van der Waals surface area contributed by atoms with Crippen LogP contribution in [-0.2, 0) is 6.54 Å². The highest BCUT2D eigenvalue weighted by Crippen LogP contribution is 2.19. The van der Waals surface area contributed by atoms with Crippen LogP contribution in [0.5, 0.6) is 0 Å². The maximum absolute atomic E-state index is 10.7. The molecule has 1 fully saturated rings. The van der Waals surface area contributed by atoms with E-state index in [9.17, 15) is 10.1 Å². The first-order valence-corrected chi connectivity index (χ1v) is 7.85. The summed E-state index contributed by atoms with van der Waals surface area (Å²) in [6.07, 6.45) is 3.72. The highest BCUT2D eigenvalue weighted by Gasteiger charge is 2.19. The second kappa shape index (κ2) is 8.10. The average molecular weight is 291 g/mol. The van der Waals surface area contributed by atoms with E-state index in [-0.39, 0.29) is 10.6 Å². The summed E-state index contributed by atoms with van der Waals surface area (Å²) in [5.41, 5.74) is 1.32. The molecule has 21 heavy (non-hydrogen) atoms. The van der Waals surface area contributed by atoms with E-state index in [1.807, 2.05) is 12.1 Å². The summed E-state index contributed by atoms with van der Waals surface area (Å²) < 4.78 is 0. The monoisotopic (exact) mass is 291 g/mol. The van der Waals surface area contributed by atoms with Crippen molar-refractivity contribution in [1.82, 2.24) is 10.2 Å². The van der Waals surface area contributed by atoms with E-state index in [4.69, 9.17) is 0 Å². The van der Waals surface area contributed by atoms with Gasteiger partial charge in [-0.1, -0.05) is 19.1 Å². The average Bonchev–Trinajstić information content (AvgIpc) is 2.48. The molecule has 2 rings (SSSR count). The van der Waals surface area contributed by atoms with E-state index < -0.39 is 0 Å². The number of nitro groups is 1. The zero-order valence-corrected chi connectivity index (χ0v) is 12.8. The Labute approximate surface area is 126 Å². The molecule has 0 spiro atoms. The number of nitrogens with one attached hydrogen (secondary N) is 1. The van der Waals surface area contributed by atoms with Crippen molar-refractivity contribution in [3.05, 3.63) is 39.9 Å². The lowest BCUT2D eigenvalue weighted by Crippen LogP contribution is -2.39. The SMILES string of the molecule is CCCNCC1CCCN(Cc2ccc([N+](=O)[O-])cc2)C1. The van der Waals surface area contributed by atoms with E-state index in [0.29, 0.717) is 0 Å². The van der Waals surface area contributed by atoms with Gasteiger partial charge in [0.05, 0.1) is 4.92 Å². The minimum absolute atomic E-state index is 0.166. The Morgan fingerprint density at radius 1 is 1.38 bits per heavy atom. The Balaban J connectivity index is 1.82. The molecule has 1 aliphatic heterocycles. The van der Waals surface area contributed by atoms with Gasteiger partial charge in [0.25, 0.3) is 5.69 Å². The van der Waals surface area contributed by atoms with Crippen molar-refractivity contribution in [1.29, 1.82) is 0 Å². The van der Waals surface area contributed by atoms with Gasteiger partial charge in [0.1, 0.15) is 0 Å². The molecular formula is C16H25N3O2. The summed E-state index contributed by atoms with van der Waals surface area (Å²) in [4.78, 5) is 12.8. The van der Waals surface area contributed by atoms with Gasteiger partial charge in [-0.3, -0.25) is 15.0 Å². The molecule has 5 heteroatoms. The van der Waals surface area contributed by atoms with Gasteiger partial charge in [-0.15, -0.1) is 0 Å². The Morgan fingerprint density at radius 3 is 2.81 bits per heavy atom. The summed E-state index contributed by atoms with van der Waals surface area (Å²) in [7, 11) is 0. The summed E-state index contributed by atoms with van der Waals surface area (Å²) in [6, 6.07) is 6.94. The van der Waals surface area contributed by atoms with Crippen LogP contribution < -0.4 is 5.32 Å². The maximum atomic E-state index is 10.7. The standard InChI is InChI=1S/C16H25N3O2/c1-2-9-17-11-15-4-3-10-18(13-15)12-14-5-7-16(8-6-14)19(20)21/h5-8,15,17H,2-4,9-13H2,1H3. The van der Waals surface area contributed by atoms with Gasteiger partial charge < -0.3 is 5.32 Å². The molecule has 1 aliphatic rings. The fraction of sp³-hybridized carbons (Fsp3) is 0.625. The molecule has 0 saturated carbocycles. The van der Waals surface area contributed by atoms with Crippen LogP contribution in [0, 0.1) is 16.0 Å². The normalized spacial score (nSPS) is 19.6. The lowest BCUT2D eigenvalue weighted by Gasteiger charge is -2.33. The van der Waals surface area contributed by atoms with Crippen LogP contribution in [0.3, 0.4) is 0 Å². The zero-order valence-electron chi connectivity index (χ0n) is 12.8. The Kier molecular flexibility index (Phi) is 6.14. The van der Waals surface area contributed by atoms with Crippen molar-refractivity contribution in [2.75, 3.05) is 26.2 Å². The summed E-state index contributed by atoms with van der Waals surface area (Å²) in [6.45, 7) is 7.52. The highest BCUT2D eigenvalue weighted by atomic mass is 16.6. The number of hydrogen-bond acceptors (Lipinski definition) is 4. The number of nitro benzene ring substituents is 1. The van der Waals surface area contributed by atoms with Crippen LogP contribution in [0.25, 0.3) is 0 Å². The number of hydrogen-bond donors (Lipinski definition) is 1. The van der Waals surface area contributed by atoms with Crippen molar-refractivity contribution in [2.24, 2.45) is 5.92 Å². The van der Waals surface area contributed by atoms with Gasteiger partial charge in [-0.05, 0) is 50.4 Å². The first-order chi connectivity index (χ1) is 10.2. The molecule has 1 atom stereocenters. The molecule has 0 aromatic heterocycles. The Bertz CT molecular complexity index is 447. The number of piperidine rings is 1. The molecule has 0 bridgehead atoms. The van der Waals surface area contributed by atoms with Gasteiger partial charge in [0, 0.05) is 25.2 Å². The van der Waals surface area contributed by atoms with Gasteiger partial charge >= 0.3 is 0 Å². The van der Waals surface area contributed by atoms with Gasteiger partial charge in [-0.2, -0.15) is 0 Å². The van der Waals surface area contributed by atoms with Gasteiger partial charge in [0.15, 0.2) is 0 Å². The summed E-state index contributed by atoms with van der Waals surface area (Å²) >= 11 is 0. The number of likely N-dealkylation sites (tertiary alicyclic amines) is 1. The smallest absolute Gasteiger partial charge is 0.269 e. The first kappa shape index (κ1) is 15.9. The fourth-order valence-corrected chi connectivity index (χ4v) is 2.93. The fourth-order valence-electron chi connectivity index (χ4n) is 2.93. The molecule has 1 aromatic carbocycles. The Hall–Kier alpha value is -1.46.